The predicted octanol–water partition coefficient (Wildman–Crippen LogP) is 2.41. The molecule has 0 fully saturated rings. The summed E-state index contributed by atoms with van der Waals surface area (Å²) in [5.74, 6) is -0.392. The number of hydrogen-bond donors (Lipinski definition) is 1. The number of amides is 1. The molecule has 0 spiro atoms. The van der Waals surface area contributed by atoms with Crippen LogP contribution in [0.3, 0.4) is 0 Å². The first kappa shape index (κ1) is 14.5. The van der Waals surface area contributed by atoms with E-state index < -0.39 is 0 Å². The first-order valence-corrected chi connectivity index (χ1v) is 6.99. The summed E-state index contributed by atoms with van der Waals surface area (Å²) in [5, 5.41) is 3.07. The zero-order valence-corrected chi connectivity index (χ0v) is 11.7. The molecule has 0 aliphatic heterocycles. The normalized spacial score (nSPS) is 11.9. The number of aromatic nitrogens is 2. The lowest BCUT2D eigenvalue weighted by molar-refractivity contribution is -0.120. The van der Waals surface area contributed by atoms with Gasteiger partial charge in [-0.15, -0.1) is 0 Å². The maximum Gasteiger partial charge on any atom is 0.233 e. The van der Waals surface area contributed by atoms with E-state index in [1.165, 1.54) is 23.9 Å². The van der Waals surface area contributed by atoms with Gasteiger partial charge >= 0.3 is 0 Å². The van der Waals surface area contributed by atoms with Crippen LogP contribution >= 0.6 is 11.8 Å². The van der Waals surface area contributed by atoms with Crippen molar-refractivity contribution in [1.29, 1.82) is 0 Å². The number of rotatable bonds is 5. The maximum atomic E-state index is 12.8. The number of carbonyl (C=O) groups excluding carboxylic acids is 1. The molecule has 6 heteroatoms. The van der Waals surface area contributed by atoms with Gasteiger partial charge in [0.05, 0.1) is 5.25 Å². The Bertz CT molecular complexity index is 562. The third-order valence-electron chi connectivity index (χ3n) is 2.57. The molecule has 1 amide bonds. The summed E-state index contributed by atoms with van der Waals surface area (Å²) in [4.78, 5) is 20.0. The molecule has 0 saturated carbocycles. The van der Waals surface area contributed by atoms with E-state index >= 15 is 0 Å². The summed E-state index contributed by atoms with van der Waals surface area (Å²) in [6.45, 7) is 2.17. The number of nitrogens with one attached hydrogen (secondary N) is 1. The van der Waals surface area contributed by atoms with Crippen molar-refractivity contribution in [1.82, 2.24) is 15.3 Å². The second kappa shape index (κ2) is 7.00. The highest BCUT2D eigenvalue weighted by Crippen LogP contribution is 2.18. The first-order chi connectivity index (χ1) is 9.65. The molecule has 2 rings (SSSR count). The lowest BCUT2D eigenvalue weighted by Gasteiger charge is -2.10. The molecule has 1 aromatic heterocycles. The van der Waals surface area contributed by atoms with Gasteiger partial charge in [0, 0.05) is 18.9 Å². The standard InChI is InChI=1S/C14H14FN3OS/c1-10(20-14-16-7-2-8-17-14)13(19)18-9-11-3-5-12(15)6-4-11/h2-8,10H,9H2,1H3,(H,18,19). The SMILES string of the molecule is CC(Sc1ncccn1)C(=O)NCc1ccc(F)cc1. The van der Waals surface area contributed by atoms with E-state index in [1.54, 1.807) is 37.5 Å². The third kappa shape index (κ3) is 4.31. The Morgan fingerprint density at radius 2 is 1.95 bits per heavy atom. The summed E-state index contributed by atoms with van der Waals surface area (Å²) >= 11 is 1.30. The molecule has 0 aliphatic carbocycles. The summed E-state index contributed by atoms with van der Waals surface area (Å²) in [6.07, 6.45) is 3.27. The maximum absolute atomic E-state index is 12.8. The molecule has 1 aromatic carbocycles. The van der Waals surface area contributed by atoms with Crippen molar-refractivity contribution < 1.29 is 9.18 Å². The Labute approximate surface area is 120 Å². The Morgan fingerprint density at radius 1 is 1.30 bits per heavy atom. The van der Waals surface area contributed by atoms with Crippen LogP contribution in [0, 0.1) is 5.82 Å². The van der Waals surface area contributed by atoms with E-state index in [2.05, 4.69) is 15.3 Å². The van der Waals surface area contributed by atoms with Crippen molar-refractivity contribution in [3.8, 4) is 0 Å². The van der Waals surface area contributed by atoms with Crippen molar-refractivity contribution in [3.05, 3.63) is 54.1 Å². The molecule has 0 saturated heterocycles. The Hall–Kier alpha value is -1.95. The van der Waals surface area contributed by atoms with Gasteiger partial charge in [-0.25, -0.2) is 14.4 Å². The molecule has 1 heterocycles. The van der Waals surface area contributed by atoms with Crippen LogP contribution in [0.25, 0.3) is 0 Å². The van der Waals surface area contributed by atoms with Gasteiger partial charge in [-0.2, -0.15) is 0 Å². The van der Waals surface area contributed by atoms with Gasteiger partial charge in [0.1, 0.15) is 5.82 Å². The number of hydrogen-bond acceptors (Lipinski definition) is 4. The van der Waals surface area contributed by atoms with E-state index in [-0.39, 0.29) is 17.0 Å². The average molecular weight is 291 g/mol. The molecule has 104 valence electrons. The number of thioether (sulfide) groups is 1. The van der Waals surface area contributed by atoms with Crippen LogP contribution in [0.15, 0.2) is 47.9 Å². The number of benzene rings is 1. The quantitative estimate of drug-likeness (QED) is 0.679. The van der Waals surface area contributed by atoms with E-state index in [4.69, 9.17) is 0 Å². The number of nitrogens with zero attached hydrogens (tertiary/aromatic N) is 2. The van der Waals surface area contributed by atoms with Crippen LogP contribution in [0.1, 0.15) is 12.5 Å². The fourth-order valence-corrected chi connectivity index (χ4v) is 2.24. The molecule has 4 nitrogen and oxygen atoms in total. The molecule has 0 bridgehead atoms. The van der Waals surface area contributed by atoms with Gasteiger partial charge in [-0.1, -0.05) is 23.9 Å². The summed E-state index contributed by atoms with van der Waals surface area (Å²) in [7, 11) is 0. The molecule has 2 aromatic rings. The second-order valence-electron chi connectivity index (χ2n) is 4.14. The largest absolute Gasteiger partial charge is 0.351 e. The van der Waals surface area contributed by atoms with Crippen molar-refractivity contribution in [2.24, 2.45) is 0 Å². The van der Waals surface area contributed by atoms with Gasteiger partial charge in [0.2, 0.25) is 5.91 Å². The lowest BCUT2D eigenvalue weighted by Crippen LogP contribution is -2.30. The molecule has 0 aliphatic rings. The van der Waals surface area contributed by atoms with Gasteiger partial charge in [0.25, 0.3) is 0 Å². The van der Waals surface area contributed by atoms with Crippen LogP contribution in [0.2, 0.25) is 0 Å². The van der Waals surface area contributed by atoms with Crippen LogP contribution in [-0.4, -0.2) is 21.1 Å². The van der Waals surface area contributed by atoms with E-state index in [1.807, 2.05) is 0 Å². The van der Waals surface area contributed by atoms with E-state index in [0.29, 0.717) is 11.7 Å². The highest BCUT2D eigenvalue weighted by molar-refractivity contribution is 8.00. The van der Waals surface area contributed by atoms with Gasteiger partial charge in [0.15, 0.2) is 5.16 Å². The molecule has 20 heavy (non-hydrogen) atoms. The molecule has 0 radical (unpaired) electrons. The molecular weight excluding hydrogens is 277 g/mol. The minimum atomic E-state index is -0.294. The molecule has 1 atom stereocenters. The Kier molecular flexibility index (Phi) is 5.06. The van der Waals surface area contributed by atoms with Crippen molar-refractivity contribution >= 4 is 17.7 Å². The highest BCUT2D eigenvalue weighted by Gasteiger charge is 2.15. The van der Waals surface area contributed by atoms with E-state index in [9.17, 15) is 9.18 Å². The fraction of sp³-hybridized carbons (Fsp3) is 0.214. The highest BCUT2D eigenvalue weighted by atomic mass is 32.2. The smallest absolute Gasteiger partial charge is 0.233 e. The minimum Gasteiger partial charge on any atom is -0.351 e. The Balaban J connectivity index is 1.83. The first-order valence-electron chi connectivity index (χ1n) is 6.11. The number of halogens is 1. The van der Waals surface area contributed by atoms with Crippen molar-refractivity contribution in [2.75, 3.05) is 0 Å². The van der Waals surface area contributed by atoms with Gasteiger partial charge in [-0.3, -0.25) is 4.79 Å². The minimum absolute atomic E-state index is 0.105. The van der Waals surface area contributed by atoms with Crippen molar-refractivity contribution in [2.45, 2.75) is 23.9 Å². The van der Waals surface area contributed by atoms with Crippen LogP contribution < -0.4 is 5.32 Å². The van der Waals surface area contributed by atoms with Crippen LogP contribution in [0.4, 0.5) is 4.39 Å². The summed E-state index contributed by atoms with van der Waals surface area (Å²) in [6, 6.07) is 7.76. The van der Waals surface area contributed by atoms with Crippen LogP contribution in [-0.2, 0) is 11.3 Å². The van der Waals surface area contributed by atoms with Gasteiger partial charge < -0.3 is 5.32 Å². The van der Waals surface area contributed by atoms with E-state index in [0.717, 1.165) is 5.56 Å². The lowest BCUT2D eigenvalue weighted by atomic mass is 10.2. The summed E-state index contributed by atoms with van der Waals surface area (Å²) < 4.78 is 12.8. The zero-order valence-electron chi connectivity index (χ0n) is 10.9. The topological polar surface area (TPSA) is 54.9 Å². The monoisotopic (exact) mass is 291 g/mol. The third-order valence-corrected chi connectivity index (χ3v) is 3.56. The average Bonchev–Trinajstić information content (AvgIpc) is 2.47. The fourth-order valence-electron chi connectivity index (χ4n) is 1.49. The molecule has 1 N–H and O–H groups in total. The molecule has 1 unspecified atom stereocenters. The second-order valence-corrected chi connectivity index (χ2v) is 5.44. The van der Waals surface area contributed by atoms with Gasteiger partial charge in [-0.05, 0) is 30.7 Å². The number of carbonyl (C=O) groups is 1. The van der Waals surface area contributed by atoms with Crippen LogP contribution in [0.5, 0.6) is 0 Å². The molecular formula is C14H14FN3OS. The van der Waals surface area contributed by atoms with Crippen molar-refractivity contribution in [3.63, 3.8) is 0 Å². The summed E-state index contributed by atoms with van der Waals surface area (Å²) in [5.41, 5.74) is 0.855. The predicted molar refractivity (Wildman–Crippen MR) is 75.6 cm³/mol. The Morgan fingerprint density at radius 3 is 2.60 bits per heavy atom. The zero-order chi connectivity index (χ0) is 14.4.